The Morgan fingerprint density at radius 3 is 2.70 bits per heavy atom. The minimum absolute atomic E-state index is 0.608. The largest absolute Gasteiger partial charge is 0.497 e. The molecule has 3 aromatic rings. The van der Waals surface area contributed by atoms with Gasteiger partial charge in [0.25, 0.3) is 0 Å². The molecule has 3 heterocycles. The fourth-order valence-corrected chi connectivity index (χ4v) is 3.69. The van der Waals surface area contributed by atoms with Gasteiger partial charge in [0, 0.05) is 12.7 Å². The zero-order chi connectivity index (χ0) is 18.5. The Bertz CT molecular complexity index is 856. The Kier molecular flexibility index (Phi) is 5.44. The zero-order valence-corrected chi connectivity index (χ0v) is 15.7. The molecule has 0 unspecified atom stereocenters. The van der Waals surface area contributed by atoms with E-state index in [1.807, 2.05) is 35.1 Å². The highest BCUT2D eigenvalue weighted by Gasteiger charge is 2.21. The summed E-state index contributed by atoms with van der Waals surface area (Å²) in [5, 5.41) is 8.58. The van der Waals surface area contributed by atoms with Crippen molar-refractivity contribution in [2.24, 2.45) is 0 Å². The second-order valence-electron chi connectivity index (χ2n) is 7.06. The predicted octanol–water partition coefficient (Wildman–Crippen LogP) is 3.11. The van der Waals surface area contributed by atoms with Gasteiger partial charge in [-0.05, 0) is 61.7 Å². The number of methoxy groups -OCH3 is 1. The van der Waals surface area contributed by atoms with Crippen molar-refractivity contribution in [3.63, 3.8) is 0 Å². The van der Waals surface area contributed by atoms with Crippen LogP contribution in [0.2, 0.25) is 0 Å². The summed E-state index contributed by atoms with van der Waals surface area (Å²) in [6, 6.07) is 14.4. The van der Waals surface area contributed by atoms with E-state index in [0.29, 0.717) is 12.5 Å². The van der Waals surface area contributed by atoms with Crippen molar-refractivity contribution in [3.8, 4) is 5.75 Å². The van der Waals surface area contributed by atoms with Gasteiger partial charge in [0.2, 0.25) is 0 Å². The van der Waals surface area contributed by atoms with Crippen molar-refractivity contribution < 1.29 is 4.74 Å². The number of ether oxygens (including phenoxy) is 1. The lowest BCUT2D eigenvalue weighted by molar-refractivity contribution is 0.202. The molecule has 0 spiro atoms. The summed E-state index contributed by atoms with van der Waals surface area (Å²) in [4.78, 5) is 6.80. The maximum Gasteiger partial charge on any atom is 0.119 e. The maximum absolute atomic E-state index is 5.36. The van der Waals surface area contributed by atoms with Crippen molar-refractivity contribution in [1.82, 2.24) is 24.9 Å². The molecule has 1 saturated heterocycles. The first-order valence-electron chi connectivity index (χ1n) is 9.45. The topological polar surface area (TPSA) is 56.1 Å². The van der Waals surface area contributed by atoms with Gasteiger partial charge >= 0.3 is 0 Å². The normalized spacial score (nSPS) is 15.7. The van der Waals surface area contributed by atoms with E-state index < -0.39 is 0 Å². The lowest BCUT2D eigenvalue weighted by atomic mass is 9.89. The van der Waals surface area contributed by atoms with E-state index in [2.05, 4.69) is 38.4 Å². The molecule has 27 heavy (non-hydrogen) atoms. The molecule has 2 aromatic heterocycles. The summed E-state index contributed by atoms with van der Waals surface area (Å²) in [7, 11) is 1.72. The Morgan fingerprint density at radius 1 is 1.04 bits per heavy atom. The monoisotopic (exact) mass is 363 g/mol. The molecule has 6 heteroatoms. The summed E-state index contributed by atoms with van der Waals surface area (Å²) < 4.78 is 7.22. The number of hydrogen-bond acceptors (Lipinski definition) is 5. The molecule has 0 bridgehead atoms. The van der Waals surface area contributed by atoms with Gasteiger partial charge in [-0.15, -0.1) is 5.10 Å². The third-order valence-corrected chi connectivity index (χ3v) is 5.17. The van der Waals surface area contributed by atoms with Crippen LogP contribution in [-0.4, -0.2) is 45.1 Å². The molecule has 0 amide bonds. The number of nitrogens with zero attached hydrogens (tertiary/aromatic N) is 5. The molecule has 4 rings (SSSR count). The first kappa shape index (κ1) is 17.7. The van der Waals surface area contributed by atoms with Crippen LogP contribution in [0.1, 0.15) is 35.7 Å². The van der Waals surface area contributed by atoms with Gasteiger partial charge in [0.05, 0.1) is 31.2 Å². The van der Waals surface area contributed by atoms with Gasteiger partial charge in [0.1, 0.15) is 5.75 Å². The molecule has 1 aliphatic heterocycles. The number of benzene rings is 1. The van der Waals surface area contributed by atoms with Crippen molar-refractivity contribution >= 4 is 0 Å². The van der Waals surface area contributed by atoms with Crippen LogP contribution in [0.15, 0.2) is 54.9 Å². The number of likely N-dealkylation sites (tertiary alicyclic amines) is 1. The summed E-state index contributed by atoms with van der Waals surface area (Å²) >= 11 is 0. The summed E-state index contributed by atoms with van der Waals surface area (Å²) in [6.07, 6.45) is 6.16. The molecule has 0 N–H and O–H groups in total. The Labute approximate surface area is 159 Å². The molecule has 6 nitrogen and oxygen atoms in total. The van der Waals surface area contributed by atoms with Gasteiger partial charge in [-0.1, -0.05) is 23.4 Å². The third kappa shape index (κ3) is 4.52. The molecule has 0 aliphatic carbocycles. The van der Waals surface area contributed by atoms with Gasteiger partial charge in [-0.25, -0.2) is 4.68 Å². The van der Waals surface area contributed by atoms with Crippen molar-refractivity contribution in [2.45, 2.75) is 31.8 Å². The zero-order valence-electron chi connectivity index (χ0n) is 15.7. The van der Waals surface area contributed by atoms with Gasteiger partial charge in [-0.3, -0.25) is 9.88 Å². The molecule has 1 fully saturated rings. The first-order valence-corrected chi connectivity index (χ1v) is 9.45. The molecule has 1 aromatic carbocycles. The lowest BCUT2D eigenvalue weighted by Gasteiger charge is -2.31. The molecular formula is C21H25N5O. The SMILES string of the molecule is COc1cccc(C2CCN(Cc3cn(Cc4ccccn4)nn3)CC2)c1. The van der Waals surface area contributed by atoms with Crippen molar-refractivity contribution in [1.29, 1.82) is 0 Å². The number of hydrogen-bond donors (Lipinski definition) is 0. The average Bonchev–Trinajstić information content (AvgIpc) is 3.16. The molecule has 0 atom stereocenters. The second kappa shape index (κ2) is 8.31. The second-order valence-corrected chi connectivity index (χ2v) is 7.06. The fourth-order valence-electron chi connectivity index (χ4n) is 3.69. The highest BCUT2D eigenvalue weighted by atomic mass is 16.5. The Morgan fingerprint density at radius 2 is 1.93 bits per heavy atom. The van der Waals surface area contributed by atoms with Crippen molar-refractivity contribution in [3.05, 3.63) is 71.8 Å². The first-order chi connectivity index (χ1) is 13.3. The standard InChI is InChI=1S/C21H25N5O/c1-27-21-7-4-5-18(13-21)17-8-11-25(12-9-17)14-20-16-26(24-23-20)15-19-6-2-3-10-22-19/h2-7,10,13,16-17H,8-9,11-12,14-15H2,1H3. The molecule has 1 aliphatic rings. The van der Waals surface area contributed by atoms with E-state index in [1.165, 1.54) is 5.56 Å². The van der Waals surface area contributed by atoms with E-state index in [-0.39, 0.29) is 0 Å². The minimum Gasteiger partial charge on any atom is -0.497 e. The Hall–Kier alpha value is -2.73. The molecule has 140 valence electrons. The van der Waals surface area contributed by atoms with Crippen LogP contribution in [0.3, 0.4) is 0 Å². The van der Waals surface area contributed by atoms with Crippen LogP contribution in [0, 0.1) is 0 Å². The summed E-state index contributed by atoms with van der Waals surface area (Å²) in [5.74, 6) is 1.55. The van der Waals surface area contributed by atoms with Crippen LogP contribution in [-0.2, 0) is 13.1 Å². The van der Waals surface area contributed by atoms with Crippen LogP contribution in [0.5, 0.6) is 5.75 Å². The predicted molar refractivity (Wildman–Crippen MR) is 104 cm³/mol. The van der Waals surface area contributed by atoms with E-state index >= 15 is 0 Å². The van der Waals surface area contributed by atoms with Gasteiger partial charge in [0.15, 0.2) is 0 Å². The quantitative estimate of drug-likeness (QED) is 0.673. The number of aromatic nitrogens is 4. The highest BCUT2D eigenvalue weighted by Crippen LogP contribution is 2.30. The Balaban J connectivity index is 1.30. The molecule has 0 saturated carbocycles. The molecule has 0 radical (unpaired) electrons. The minimum atomic E-state index is 0.608. The number of rotatable bonds is 6. The number of piperidine rings is 1. The highest BCUT2D eigenvalue weighted by molar-refractivity contribution is 5.31. The smallest absolute Gasteiger partial charge is 0.119 e. The van der Waals surface area contributed by atoms with Crippen LogP contribution in [0.4, 0.5) is 0 Å². The van der Waals surface area contributed by atoms with Gasteiger partial charge < -0.3 is 4.74 Å². The summed E-state index contributed by atoms with van der Waals surface area (Å²) in [6.45, 7) is 3.67. The van der Waals surface area contributed by atoms with E-state index in [9.17, 15) is 0 Å². The van der Waals surface area contributed by atoms with Crippen LogP contribution >= 0.6 is 0 Å². The van der Waals surface area contributed by atoms with E-state index in [4.69, 9.17) is 4.74 Å². The van der Waals surface area contributed by atoms with Crippen LogP contribution in [0.25, 0.3) is 0 Å². The van der Waals surface area contributed by atoms with E-state index in [1.54, 1.807) is 13.3 Å². The van der Waals surface area contributed by atoms with Crippen LogP contribution < -0.4 is 4.74 Å². The van der Waals surface area contributed by atoms with E-state index in [0.717, 1.165) is 49.6 Å². The lowest BCUT2D eigenvalue weighted by Crippen LogP contribution is -2.32. The average molecular weight is 363 g/mol. The fraction of sp³-hybridized carbons (Fsp3) is 0.381. The summed E-state index contributed by atoms with van der Waals surface area (Å²) in [5.41, 5.74) is 3.40. The number of pyridine rings is 1. The third-order valence-electron chi connectivity index (χ3n) is 5.17. The van der Waals surface area contributed by atoms with Crippen molar-refractivity contribution in [2.75, 3.05) is 20.2 Å². The maximum atomic E-state index is 5.36. The van der Waals surface area contributed by atoms with Gasteiger partial charge in [-0.2, -0.15) is 0 Å². The molecular weight excluding hydrogens is 338 g/mol.